The van der Waals surface area contributed by atoms with Crippen molar-refractivity contribution in [2.75, 3.05) is 6.61 Å². The van der Waals surface area contributed by atoms with Gasteiger partial charge >= 0.3 is 0 Å². The summed E-state index contributed by atoms with van der Waals surface area (Å²) in [6.45, 7) is 2.25. The van der Waals surface area contributed by atoms with Crippen LogP contribution in [0.4, 0.5) is 0 Å². The average Bonchev–Trinajstić information content (AvgIpc) is 3.25. The fourth-order valence-electron chi connectivity index (χ4n) is 4.11. The summed E-state index contributed by atoms with van der Waals surface area (Å²) in [5.41, 5.74) is 2.78. The van der Waals surface area contributed by atoms with Crippen LogP contribution in [0.25, 0.3) is 0 Å². The van der Waals surface area contributed by atoms with Crippen molar-refractivity contribution >= 4 is 17.7 Å². The highest BCUT2D eigenvalue weighted by Crippen LogP contribution is 2.52. The molecule has 3 amide bonds. The molecule has 4 atom stereocenters. The van der Waals surface area contributed by atoms with Crippen LogP contribution in [-0.4, -0.2) is 29.3 Å². The molecule has 1 aromatic carbocycles. The number of fused-ring (bicyclic) bond motifs is 5. The van der Waals surface area contributed by atoms with Crippen LogP contribution in [0.2, 0.25) is 0 Å². The quantitative estimate of drug-likeness (QED) is 0.673. The minimum Gasteiger partial charge on any atom is -0.493 e. The lowest BCUT2D eigenvalue weighted by molar-refractivity contribution is -0.143. The second-order valence-corrected chi connectivity index (χ2v) is 6.38. The second kappa shape index (κ2) is 5.47. The molecule has 0 unspecified atom stereocenters. The second-order valence-electron chi connectivity index (χ2n) is 6.38. The van der Waals surface area contributed by atoms with E-state index in [2.05, 4.69) is 5.43 Å². The van der Waals surface area contributed by atoms with E-state index in [1.807, 2.05) is 19.1 Å². The van der Waals surface area contributed by atoms with Crippen molar-refractivity contribution in [2.45, 2.75) is 13.3 Å². The largest absolute Gasteiger partial charge is 0.493 e. The number of imide groups is 1. The molecule has 24 heavy (non-hydrogen) atoms. The molecule has 1 aromatic rings. The maximum atomic E-state index is 12.6. The van der Waals surface area contributed by atoms with E-state index in [1.165, 1.54) is 0 Å². The first-order chi connectivity index (χ1) is 11.6. The molecule has 1 saturated carbocycles. The van der Waals surface area contributed by atoms with Gasteiger partial charge in [-0.1, -0.05) is 24.3 Å². The van der Waals surface area contributed by atoms with Crippen LogP contribution in [0.3, 0.4) is 0 Å². The number of rotatable bonds is 4. The Bertz CT molecular complexity index is 727. The minimum atomic E-state index is -0.513. The normalized spacial score (nSPS) is 30.0. The lowest BCUT2D eigenvalue weighted by atomic mass is 9.85. The zero-order valence-electron chi connectivity index (χ0n) is 13.3. The number of hydrazine groups is 1. The van der Waals surface area contributed by atoms with Gasteiger partial charge in [0.15, 0.2) is 0 Å². The van der Waals surface area contributed by atoms with Gasteiger partial charge < -0.3 is 4.74 Å². The van der Waals surface area contributed by atoms with Crippen LogP contribution >= 0.6 is 0 Å². The van der Waals surface area contributed by atoms with Crippen LogP contribution in [0, 0.1) is 23.7 Å². The number of ether oxygens (including phenoxy) is 1. The zero-order valence-corrected chi connectivity index (χ0v) is 13.3. The lowest BCUT2D eigenvalue weighted by Crippen LogP contribution is -2.47. The SMILES string of the molecule is CCOc1ccccc1C(=O)NN1C(=O)[C@@H]2[C@@H](C1=O)[C@H]1C=C[C@H]2C1. The van der Waals surface area contributed by atoms with Crippen LogP contribution in [0.15, 0.2) is 36.4 Å². The molecule has 0 aromatic heterocycles. The van der Waals surface area contributed by atoms with Gasteiger partial charge in [-0.15, -0.1) is 0 Å². The minimum absolute atomic E-state index is 0.120. The number of benzene rings is 1. The topological polar surface area (TPSA) is 75.7 Å². The lowest BCUT2D eigenvalue weighted by Gasteiger charge is -2.19. The Labute approximate surface area is 139 Å². The van der Waals surface area contributed by atoms with E-state index in [0.29, 0.717) is 17.9 Å². The Hall–Kier alpha value is -2.63. The molecular weight excluding hydrogens is 308 g/mol. The molecule has 3 aliphatic rings. The molecule has 2 fully saturated rings. The van der Waals surface area contributed by atoms with Crippen molar-refractivity contribution in [2.24, 2.45) is 23.7 Å². The number of nitrogens with one attached hydrogen (secondary N) is 1. The van der Waals surface area contributed by atoms with E-state index in [0.717, 1.165) is 11.4 Å². The molecular formula is C18H18N2O4. The fraction of sp³-hybridized carbons (Fsp3) is 0.389. The highest BCUT2D eigenvalue weighted by molar-refractivity contribution is 6.09. The number of amides is 3. The standard InChI is InChI=1S/C18H18N2O4/c1-2-24-13-6-4-3-5-12(13)16(21)19-20-17(22)14-10-7-8-11(9-10)15(14)18(20)23/h3-8,10-11,14-15H,2,9H2,1H3,(H,19,21)/t10-,11-,14-,15-/m0/s1. The van der Waals surface area contributed by atoms with Crippen molar-refractivity contribution in [3.05, 3.63) is 42.0 Å². The van der Waals surface area contributed by atoms with Crippen LogP contribution in [-0.2, 0) is 9.59 Å². The fourth-order valence-corrected chi connectivity index (χ4v) is 4.11. The summed E-state index contributed by atoms with van der Waals surface area (Å²) in [5.74, 6) is -1.10. The molecule has 0 spiro atoms. The van der Waals surface area contributed by atoms with Gasteiger partial charge in [0.05, 0.1) is 24.0 Å². The Kier molecular flexibility index (Phi) is 3.40. The smallest absolute Gasteiger partial charge is 0.274 e. The Morgan fingerprint density at radius 3 is 2.42 bits per heavy atom. The molecule has 124 valence electrons. The predicted molar refractivity (Wildman–Crippen MR) is 84.6 cm³/mol. The van der Waals surface area contributed by atoms with Gasteiger partial charge in [0.25, 0.3) is 17.7 Å². The first-order valence-corrected chi connectivity index (χ1v) is 8.20. The van der Waals surface area contributed by atoms with Crippen molar-refractivity contribution in [1.82, 2.24) is 10.4 Å². The van der Waals surface area contributed by atoms with E-state index < -0.39 is 5.91 Å². The summed E-state index contributed by atoms with van der Waals surface area (Å²) >= 11 is 0. The summed E-state index contributed by atoms with van der Waals surface area (Å²) < 4.78 is 5.44. The number of hydrogen-bond donors (Lipinski definition) is 1. The Morgan fingerprint density at radius 2 is 1.79 bits per heavy atom. The van der Waals surface area contributed by atoms with E-state index in [1.54, 1.807) is 24.3 Å². The molecule has 2 aliphatic carbocycles. The van der Waals surface area contributed by atoms with Gasteiger partial charge in [-0.05, 0) is 37.3 Å². The van der Waals surface area contributed by atoms with Crippen molar-refractivity contribution in [3.8, 4) is 5.75 Å². The third-order valence-corrected chi connectivity index (χ3v) is 5.12. The van der Waals surface area contributed by atoms with Crippen LogP contribution in [0.1, 0.15) is 23.7 Å². The summed E-state index contributed by atoms with van der Waals surface area (Å²) in [4.78, 5) is 37.7. The molecule has 6 nitrogen and oxygen atoms in total. The van der Waals surface area contributed by atoms with Gasteiger partial charge in [0.2, 0.25) is 0 Å². The third-order valence-electron chi connectivity index (χ3n) is 5.12. The van der Waals surface area contributed by atoms with Crippen LogP contribution in [0.5, 0.6) is 5.75 Å². The monoisotopic (exact) mass is 326 g/mol. The van der Waals surface area contributed by atoms with E-state index in [4.69, 9.17) is 4.74 Å². The summed E-state index contributed by atoms with van der Waals surface area (Å²) in [6, 6.07) is 6.77. The van der Waals surface area contributed by atoms with E-state index >= 15 is 0 Å². The molecule has 4 rings (SSSR count). The van der Waals surface area contributed by atoms with Crippen molar-refractivity contribution in [3.63, 3.8) is 0 Å². The molecule has 1 heterocycles. The molecule has 1 saturated heterocycles. The molecule has 6 heteroatoms. The highest BCUT2D eigenvalue weighted by atomic mass is 16.5. The van der Waals surface area contributed by atoms with Gasteiger partial charge in [0.1, 0.15) is 5.75 Å². The number of hydrogen-bond acceptors (Lipinski definition) is 4. The first kappa shape index (κ1) is 14.9. The van der Waals surface area contributed by atoms with Gasteiger partial charge in [0, 0.05) is 0 Å². The Morgan fingerprint density at radius 1 is 1.17 bits per heavy atom. The average molecular weight is 326 g/mol. The number of para-hydroxylation sites is 1. The third kappa shape index (κ3) is 2.06. The summed E-state index contributed by atoms with van der Waals surface area (Å²) in [6.07, 6.45) is 4.90. The number of nitrogens with zero attached hydrogens (tertiary/aromatic N) is 1. The zero-order chi connectivity index (χ0) is 16.8. The molecule has 0 radical (unpaired) electrons. The van der Waals surface area contributed by atoms with Gasteiger partial charge in [-0.2, -0.15) is 5.01 Å². The highest BCUT2D eigenvalue weighted by Gasteiger charge is 2.59. The van der Waals surface area contributed by atoms with Gasteiger partial charge in [-0.25, -0.2) is 0 Å². The number of carbonyl (C=O) groups is 3. The molecule has 1 N–H and O–H groups in total. The number of carbonyl (C=O) groups excluding carboxylic acids is 3. The van der Waals surface area contributed by atoms with E-state index in [9.17, 15) is 14.4 Å². The maximum Gasteiger partial charge on any atom is 0.274 e. The van der Waals surface area contributed by atoms with Crippen molar-refractivity contribution in [1.29, 1.82) is 0 Å². The van der Waals surface area contributed by atoms with Crippen LogP contribution < -0.4 is 10.2 Å². The molecule has 1 aliphatic heterocycles. The van der Waals surface area contributed by atoms with Gasteiger partial charge in [-0.3, -0.25) is 19.8 Å². The maximum absolute atomic E-state index is 12.6. The summed E-state index contributed by atoms with van der Waals surface area (Å²) in [5, 5.41) is 0.909. The first-order valence-electron chi connectivity index (χ1n) is 8.20. The summed E-state index contributed by atoms with van der Waals surface area (Å²) in [7, 11) is 0. The number of allylic oxidation sites excluding steroid dienone is 2. The predicted octanol–water partition coefficient (Wildman–Crippen LogP) is 1.54. The van der Waals surface area contributed by atoms with E-state index in [-0.39, 0.29) is 35.5 Å². The molecule has 2 bridgehead atoms. The van der Waals surface area contributed by atoms with Crippen molar-refractivity contribution < 1.29 is 19.1 Å². The Balaban J connectivity index is 1.55.